The third kappa shape index (κ3) is 6.71. The Kier molecular flexibility index (Phi) is 8.22. The second kappa shape index (κ2) is 11.8. The minimum absolute atomic E-state index is 0.176. The van der Waals surface area contributed by atoms with Crippen LogP contribution in [-0.2, 0) is 6.54 Å². The number of halogens is 3. The largest absolute Gasteiger partial charge is 0.390 e. The van der Waals surface area contributed by atoms with Gasteiger partial charge in [-0.05, 0) is 61.2 Å². The topological polar surface area (TPSA) is 83.0 Å². The number of thioether (sulfide) groups is 1. The van der Waals surface area contributed by atoms with Gasteiger partial charge in [-0.25, -0.2) is 9.97 Å². The van der Waals surface area contributed by atoms with E-state index >= 15 is 0 Å². The van der Waals surface area contributed by atoms with Crippen molar-refractivity contribution in [3.63, 3.8) is 0 Å². The van der Waals surface area contributed by atoms with Crippen molar-refractivity contribution >= 4 is 34.4 Å². The molecule has 0 bridgehead atoms. The summed E-state index contributed by atoms with van der Waals surface area (Å²) in [5.74, 6) is 0.442. The van der Waals surface area contributed by atoms with E-state index in [0.717, 1.165) is 15.8 Å². The summed E-state index contributed by atoms with van der Waals surface area (Å²) in [7, 11) is 0. The van der Waals surface area contributed by atoms with Crippen molar-refractivity contribution < 1.29 is 18.0 Å². The van der Waals surface area contributed by atoms with Crippen LogP contribution in [0.5, 0.6) is 0 Å². The number of alkyl halides is 3. The molecule has 7 nitrogen and oxygen atoms in total. The summed E-state index contributed by atoms with van der Waals surface area (Å²) >= 11 is 1.60. The first-order chi connectivity index (χ1) is 19.2. The van der Waals surface area contributed by atoms with E-state index in [-0.39, 0.29) is 19.0 Å². The van der Waals surface area contributed by atoms with Gasteiger partial charge < -0.3 is 15.5 Å². The molecule has 3 aromatic heterocycles. The number of aryl methyl sites for hydroxylation is 1. The Morgan fingerprint density at radius 3 is 2.75 bits per heavy atom. The van der Waals surface area contributed by atoms with Crippen LogP contribution in [0.4, 0.5) is 19.0 Å². The molecule has 0 saturated carbocycles. The molecule has 1 unspecified atom stereocenters. The molecule has 1 aliphatic heterocycles. The van der Waals surface area contributed by atoms with Gasteiger partial charge in [0, 0.05) is 47.7 Å². The normalized spacial score (nSPS) is 15.8. The van der Waals surface area contributed by atoms with Crippen LogP contribution in [-0.4, -0.2) is 59.0 Å². The van der Waals surface area contributed by atoms with Gasteiger partial charge in [0.2, 0.25) is 0 Å². The summed E-state index contributed by atoms with van der Waals surface area (Å²) in [4.78, 5) is 29.6. The molecule has 0 spiro atoms. The molecule has 1 atom stereocenters. The number of rotatable bonds is 7. The maximum atomic E-state index is 12.9. The molecule has 5 rings (SSSR count). The third-order valence-electron chi connectivity index (χ3n) is 6.78. The highest BCUT2D eigenvalue weighted by Gasteiger charge is 2.34. The summed E-state index contributed by atoms with van der Waals surface area (Å²) in [5, 5.41) is 6.72. The fourth-order valence-electron chi connectivity index (χ4n) is 4.72. The number of hydrogen-bond acceptors (Lipinski definition) is 7. The number of aromatic nitrogens is 3. The van der Waals surface area contributed by atoms with Crippen LogP contribution in [0.2, 0.25) is 0 Å². The number of carbonyl (C=O) groups excluding carboxylic acids is 1. The molecule has 40 heavy (non-hydrogen) atoms. The standard InChI is InChI=1S/C29H29F3N6OS/c1-18-6-7-19(12-26(18)40-2)28(39)35-16-21-13-25-20(15-34-21)8-9-24(36-25)23-4-3-5-27(37-23)38-11-10-33-22(17-38)14-29(30,31)32/h3-9,12-13,15,22,33H,10-11,14,16-17H2,1-2H3,(H,35,39). The Hall–Kier alpha value is -3.70. The minimum Gasteiger partial charge on any atom is -0.354 e. The summed E-state index contributed by atoms with van der Waals surface area (Å²) in [6, 6.07) is 16.0. The average molecular weight is 567 g/mol. The summed E-state index contributed by atoms with van der Waals surface area (Å²) < 4.78 is 38.7. The lowest BCUT2D eigenvalue weighted by Crippen LogP contribution is -2.52. The zero-order valence-corrected chi connectivity index (χ0v) is 22.9. The first-order valence-electron chi connectivity index (χ1n) is 12.9. The second-order valence-corrected chi connectivity index (χ2v) is 10.6. The molecule has 1 aliphatic rings. The molecule has 1 aromatic carbocycles. The predicted octanol–water partition coefficient (Wildman–Crippen LogP) is 5.38. The molecular formula is C29H29F3N6OS. The molecule has 1 saturated heterocycles. The summed E-state index contributed by atoms with van der Waals surface area (Å²) in [6.07, 6.45) is -1.40. The highest BCUT2D eigenvalue weighted by molar-refractivity contribution is 7.98. The number of piperazine rings is 1. The number of carbonyl (C=O) groups is 1. The van der Waals surface area contributed by atoms with Crippen molar-refractivity contribution in [3.05, 3.63) is 77.6 Å². The van der Waals surface area contributed by atoms with Crippen molar-refractivity contribution in [1.82, 2.24) is 25.6 Å². The van der Waals surface area contributed by atoms with Gasteiger partial charge in [-0.1, -0.05) is 12.1 Å². The maximum absolute atomic E-state index is 12.9. The average Bonchev–Trinajstić information content (AvgIpc) is 2.95. The van der Waals surface area contributed by atoms with E-state index in [2.05, 4.69) is 15.6 Å². The molecule has 11 heteroatoms. The van der Waals surface area contributed by atoms with E-state index in [0.29, 0.717) is 47.1 Å². The van der Waals surface area contributed by atoms with Gasteiger partial charge in [-0.2, -0.15) is 13.2 Å². The number of anilines is 1. The van der Waals surface area contributed by atoms with Gasteiger partial charge in [-0.3, -0.25) is 9.78 Å². The number of nitrogens with one attached hydrogen (secondary N) is 2. The SMILES string of the molecule is CSc1cc(C(=O)NCc2cc3nc(-c4cccc(N5CCNC(CC(F)(F)F)C5)n4)ccc3cn2)ccc1C. The van der Waals surface area contributed by atoms with Gasteiger partial charge in [0.1, 0.15) is 5.82 Å². The maximum Gasteiger partial charge on any atom is 0.390 e. The van der Waals surface area contributed by atoms with Crippen molar-refractivity contribution in [3.8, 4) is 11.4 Å². The Balaban J connectivity index is 1.31. The zero-order valence-electron chi connectivity index (χ0n) is 22.1. The predicted molar refractivity (Wildman–Crippen MR) is 152 cm³/mol. The lowest BCUT2D eigenvalue weighted by Gasteiger charge is -2.35. The van der Waals surface area contributed by atoms with Crippen LogP contribution in [0, 0.1) is 6.92 Å². The van der Waals surface area contributed by atoms with Gasteiger partial charge in [0.25, 0.3) is 5.91 Å². The molecule has 4 aromatic rings. The Labute approximate surface area is 234 Å². The number of pyridine rings is 3. The molecule has 1 fully saturated rings. The number of amides is 1. The first-order valence-corrected chi connectivity index (χ1v) is 14.1. The molecule has 0 aliphatic carbocycles. The van der Waals surface area contributed by atoms with Crippen LogP contribution < -0.4 is 15.5 Å². The molecule has 4 heterocycles. The Bertz CT molecular complexity index is 1530. The number of benzene rings is 1. The zero-order chi connectivity index (χ0) is 28.3. The highest BCUT2D eigenvalue weighted by Crippen LogP contribution is 2.26. The molecule has 208 valence electrons. The van der Waals surface area contributed by atoms with Crippen LogP contribution >= 0.6 is 11.8 Å². The Morgan fingerprint density at radius 1 is 1.12 bits per heavy atom. The van der Waals surface area contributed by atoms with E-state index in [1.54, 1.807) is 24.0 Å². The monoisotopic (exact) mass is 566 g/mol. The van der Waals surface area contributed by atoms with Crippen LogP contribution in [0.1, 0.15) is 28.0 Å². The van der Waals surface area contributed by atoms with Crippen LogP contribution in [0.25, 0.3) is 22.3 Å². The van der Waals surface area contributed by atoms with Gasteiger partial charge >= 0.3 is 6.18 Å². The van der Waals surface area contributed by atoms with E-state index in [1.165, 1.54) is 0 Å². The lowest BCUT2D eigenvalue weighted by molar-refractivity contribution is -0.139. The highest BCUT2D eigenvalue weighted by atomic mass is 32.2. The van der Waals surface area contributed by atoms with Crippen molar-refractivity contribution in [2.75, 3.05) is 30.8 Å². The number of hydrogen-bond donors (Lipinski definition) is 2. The van der Waals surface area contributed by atoms with Crippen molar-refractivity contribution in [1.29, 1.82) is 0 Å². The summed E-state index contributed by atoms with van der Waals surface area (Å²) in [5.41, 5.74) is 4.36. The third-order valence-corrected chi connectivity index (χ3v) is 7.66. The molecule has 0 radical (unpaired) electrons. The quantitative estimate of drug-likeness (QED) is 0.291. The first kappa shape index (κ1) is 27.9. The van der Waals surface area contributed by atoms with Gasteiger partial charge in [0.15, 0.2) is 0 Å². The lowest BCUT2D eigenvalue weighted by atomic mass is 10.1. The minimum atomic E-state index is -4.22. The molecule has 1 amide bonds. The fraction of sp³-hybridized carbons (Fsp3) is 0.310. The summed E-state index contributed by atoms with van der Waals surface area (Å²) in [6.45, 7) is 3.51. The van der Waals surface area contributed by atoms with Gasteiger partial charge in [-0.15, -0.1) is 11.8 Å². The number of nitrogens with zero attached hydrogens (tertiary/aromatic N) is 4. The van der Waals surface area contributed by atoms with E-state index in [9.17, 15) is 18.0 Å². The molecular weight excluding hydrogens is 537 g/mol. The van der Waals surface area contributed by atoms with E-state index in [4.69, 9.17) is 9.97 Å². The molecule has 2 N–H and O–H groups in total. The van der Waals surface area contributed by atoms with Crippen molar-refractivity contribution in [2.45, 2.75) is 37.0 Å². The van der Waals surface area contributed by atoms with E-state index in [1.807, 2.05) is 66.6 Å². The van der Waals surface area contributed by atoms with Crippen LogP contribution in [0.3, 0.4) is 0 Å². The van der Waals surface area contributed by atoms with Gasteiger partial charge in [0.05, 0.1) is 35.6 Å². The fourth-order valence-corrected chi connectivity index (χ4v) is 5.36. The van der Waals surface area contributed by atoms with E-state index < -0.39 is 18.6 Å². The smallest absolute Gasteiger partial charge is 0.354 e. The second-order valence-electron chi connectivity index (χ2n) is 9.73. The van der Waals surface area contributed by atoms with Crippen molar-refractivity contribution in [2.24, 2.45) is 0 Å². The number of fused-ring (bicyclic) bond motifs is 1. The van der Waals surface area contributed by atoms with Crippen LogP contribution in [0.15, 0.2) is 65.7 Å². The Morgan fingerprint density at radius 2 is 1.95 bits per heavy atom.